The van der Waals surface area contributed by atoms with Gasteiger partial charge in [-0.05, 0) is 54.4 Å². The largest absolute Gasteiger partial charge is 0.480 e. The van der Waals surface area contributed by atoms with Gasteiger partial charge in [0.25, 0.3) is 0 Å². The van der Waals surface area contributed by atoms with Gasteiger partial charge in [0.1, 0.15) is 12.1 Å². The van der Waals surface area contributed by atoms with Crippen molar-refractivity contribution in [3.05, 3.63) is 59.7 Å². The van der Waals surface area contributed by atoms with Crippen LogP contribution in [0.2, 0.25) is 0 Å². The molecule has 2 aliphatic carbocycles. The lowest BCUT2D eigenvalue weighted by atomic mass is 9.74. The van der Waals surface area contributed by atoms with E-state index in [1.54, 1.807) is 0 Å². The maximum atomic E-state index is 13.2. The lowest BCUT2D eigenvalue weighted by molar-refractivity contribution is -0.156. The lowest BCUT2D eigenvalue weighted by Crippen LogP contribution is -2.64. The minimum atomic E-state index is -1.22. The molecule has 0 aromatic heterocycles. The van der Waals surface area contributed by atoms with Crippen molar-refractivity contribution in [2.75, 3.05) is 26.4 Å². The van der Waals surface area contributed by atoms with E-state index >= 15 is 0 Å². The van der Waals surface area contributed by atoms with Gasteiger partial charge in [0.05, 0.1) is 12.0 Å². The lowest BCUT2D eigenvalue weighted by Gasteiger charge is -2.43. The van der Waals surface area contributed by atoms with Crippen molar-refractivity contribution in [1.82, 2.24) is 10.6 Å². The van der Waals surface area contributed by atoms with Crippen LogP contribution in [0, 0.1) is 5.41 Å². The fourth-order valence-corrected chi connectivity index (χ4v) is 5.41. The van der Waals surface area contributed by atoms with Gasteiger partial charge in [-0.2, -0.15) is 0 Å². The molecule has 0 bridgehead atoms. The summed E-state index contributed by atoms with van der Waals surface area (Å²) in [4.78, 5) is 37.7. The number of hydrogen-bond acceptors (Lipinski definition) is 5. The summed E-state index contributed by atoms with van der Waals surface area (Å²) in [5.41, 5.74) is 2.30. The molecule has 3 aliphatic rings. The molecule has 8 heteroatoms. The molecule has 1 heterocycles. The number of carboxylic acid groups (broad SMARTS) is 1. The first-order valence-electron chi connectivity index (χ1n) is 12.2. The first-order valence-corrected chi connectivity index (χ1v) is 12.2. The molecule has 2 amide bonds. The number of amides is 2. The normalized spacial score (nSPS) is 22.3. The molecule has 1 saturated heterocycles. The zero-order chi connectivity index (χ0) is 24.5. The summed E-state index contributed by atoms with van der Waals surface area (Å²) in [6.07, 6.45) is 2.11. The number of ether oxygens (including phenoxy) is 2. The van der Waals surface area contributed by atoms with Crippen LogP contribution in [-0.4, -0.2) is 55.0 Å². The second-order valence-corrected chi connectivity index (χ2v) is 9.81. The summed E-state index contributed by atoms with van der Waals surface area (Å²) in [5, 5.41) is 15.1. The third-order valence-electron chi connectivity index (χ3n) is 7.69. The van der Waals surface area contributed by atoms with Crippen LogP contribution in [0.5, 0.6) is 0 Å². The fourth-order valence-electron chi connectivity index (χ4n) is 5.41. The Kier molecular flexibility index (Phi) is 6.23. The van der Waals surface area contributed by atoms with E-state index in [1.807, 2.05) is 24.3 Å². The third kappa shape index (κ3) is 4.27. The molecule has 0 radical (unpaired) electrons. The molecule has 1 unspecified atom stereocenters. The van der Waals surface area contributed by atoms with Crippen molar-refractivity contribution in [1.29, 1.82) is 0 Å². The van der Waals surface area contributed by atoms with Crippen LogP contribution in [0.1, 0.15) is 49.1 Å². The number of aliphatic carboxylic acids is 1. The number of alkyl carbamates (subject to hydrolysis) is 1. The Hall–Kier alpha value is -3.39. The first kappa shape index (κ1) is 23.4. The van der Waals surface area contributed by atoms with Crippen molar-refractivity contribution in [3.63, 3.8) is 0 Å². The Labute approximate surface area is 204 Å². The average molecular weight is 479 g/mol. The van der Waals surface area contributed by atoms with Gasteiger partial charge in [0, 0.05) is 19.1 Å². The average Bonchev–Trinajstić information content (AvgIpc) is 3.17. The molecular weight excluding hydrogens is 448 g/mol. The number of nitrogens with one attached hydrogen (secondary N) is 2. The molecule has 2 aromatic carbocycles. The summed E-state index contributed by atoms with van der Waals surface area (Å²) in [6.45, 7) is 0.852. The SMILES string of the molecule is O=C(NCC1(C(=O)NC2(C(=O)O)CCC2)CCCOC1)OCC1c2ccccc2-c2ccccc21. The van der Waals surface area contributed by atoms with Gasteiger partial charge in [0.2, 0.25) is 5.91 Å². The van der Waals surface area contributed by atoms with Crippen LogP contribution in [0.15, 0.2) is 48.5 Å². The van der Waals surface area contributed by atoms with Crippen LogP contribution in [-0.2, 0) is 19.1 Å². The van der Waals surface area contributed by atoms with E-state index in [2.05, 4.69) is 34.9 Å². The Morgan fingerprint density at radius 1 is 0.971 bits per heavy atom. The Morgan fingerprint density at radius 2 is 1.63 bits per heavy atom. The zero-order valence-corrected chi connectivity index (χ0v) is 19.5. The van der Waals surface area contributed by atoms with Gasteiger partial charge in [-0.25, -0.2) is 9.59 Å². The molecule has 1 atom stereocenters. The minimum Gasteiger partial charge on any atom is -0.480 e. The van der Waals surface area contributed by atoms with E-state index in [1.165, 1.54) is 0 Å². The second kappa shape index (κ2) is 9.34. The van der Waals surface area contributed by atoms with Gasteiger partial charge < -0.3 is 25.2 Å². The smallest absolute Gasteiger partial charge is 0.407 e. The fraction of sp³-hybridized carbons (Fsp3) is 0.444. The van der Waals surface area contributed by atoms with Gasteiger partial charge in [0.15, 0.2) is 0 Å². The van der Waals surface area contributed by atoms with E-state index in [-0.39, 0.29) is 25.7 Å². The van der Waals surface area contributed by atoms with Crippen molar-refractivity contribution in [2.45, 2.75) is 43.6 Å². The summed E-state index contributed by atoms with van der Waals surface area (Å²) in [7, 11) is 0. The highest BCUT2D eigenvalue weighted by Crippen LogP contribution is 2.44. The monoisotopic (exact) mass is 478 g/mol. The number of carboxylic acids is 1. The van der Waals surface area contributed by atoms with Crippen molar-refractivity contribution in [2.24, 2.45) is 5.41 Å². The first-order chi connectivity index (χ1) is 16.9. The van der Waals surface area contributed by atoms with Crippen molar-refractivity contribution in [3.8, 4) is 11.1 Å². The van der Waals surface area contributed by atoms with Crippen LogP contribution in [0.3, 0.4) is 0 Å². The second-order valence-electron chi connectivity index (χ2n) is 9.81. The summed E-state index contributed by atoms with van der Waals surface area (Å²) >= 11 is 0. The molecule has 1 saturated carbocycles. The molecule has 0 spiro atoms. The molecule has 2 fully saturated rings. The maximum Gasteiger partial charge on any atom is 0.407 e. The zero-order valence-electron chi connectivity index (χ0n) is 19.5. The van der Waals surface area contributed by atoms with E-state index in [0.29, 0.717) is 32.3 Å². The van der Waals surface area contributed by atoms with E-state index < -0.39 is 28.9 Å². The summed E-state index contributed by atoms with van der Waals surface area (Å²) in [5.74, 6) is -1.47. The van der Waals surface area contributed by atoms with E-state index in [4.69, 9.17) is 9.47 Å². The Bertz CT molecular complexity index is 1090. The molecule has 184 valence electrons. The maximum absolute atomic E-state index is 13.2. The number of carbonyl (C=O) groups excluding carboxylic acids is 2. The predicted octanol–water partition coefficient (Wildman–Crippen LogP) is 3.45. The number of benzene rings is 2. The molecule has 2 aromatic rings. The standard InChI is InChI=1S/C27H30N2O6/c30-23(29-27(24(31)32)12-5-13-27)26(11-6-14-34-17-26)16-28-25(33)35-15-22-20-9-3-1-7-18(20)19-8-2-4-10-21(19)22/h1-4,7-10,22H,5-6,11-17H2,(H,28,33)(H,29,30)(H,31,32). The van der Waals surface area contributed by atoms with Crippen LogP contribution in [0.25, 0.3) is 11.1 Å². The molecular formula is C27H30N2O6. The third-order valence-corrected chi connectivity index (χ3v) is 7.69. The van der Waals surface area contributed by atoms with Crippen LogP contribution in [0.4, 0.5) is 4.79 Å². The highest BCUT2D eigenvalue weighted by Gasteiger charge is 2.50. The Morgan fingerprint density at radius 3 is 2.17 bits per heavy atom. The van der Waals surface area contributed by atoms with Gasteiger partial charge in [-0.15, -0.1) is 0 Å². The van der Waals surface area contributed by atoms with Gasteiger partial charge in [-0.3, -0.25) is 4.79 Å². The Balaban J connectivity index is 1.23. The quantitative estimate of drug-likeness (QED) is 0.562. The molecule has 35 heavy (non-hydrogen) atoms. The minimum absolute atomic E-state index is 0.0191. The van der Waals surface area contributed by atoms with Crippen molar-refractivity contribution < 1.29 is 29.0 Å². The highest BCUT2D eigenvalue weighted by atomic mass is 16.5. The highest BCUT2D eigenvalue weighted by molar-refractivity contribution is 5.91. The van der Waals surface area contributed by atoms with E-state index in [9.17, 15) is 19.5 Å². The molecule has 8 nitrogen and oxygen atoms in total. The molecule has 3 N–H and O–H groups in total. The summed E-state index contributed by atoms with van der Waals surface area (Å²) < 4.78 is 11.2. The number of carbonyl (C=O) groups is 3. The van der Waals surface area contributed by atoms with Gasteiger partial charge >= 0.3 is 12.1 Å². The van der Waals surface area contributed by atoms with Crippen LogP contribution < -0.4 is 10.6 Å². The number of rotatable bonds is 7. The van der Waals surface area contributed by atoms with Crippen molar-refractivity contribution >= 4 is 18.0 Å². The number of fused-ring (bicyclic) bond motifs is 3. The summed E-state index contributed by atoms with van der Waals surface area (Å²) in [6, 6.07) is 16.2. The van der Waals surface area contributed by atoms with Gasteiger partial charge in [-0.1, -0.05) is 48.5 Å². The number of hydrogen-bond donors (Lipinski definition) is 3. The topological polar surface area (TPSA) is 114 Å². The van der Waals surface area contributed by atoms with E-state index in [0.717, 1.165) is 28.7 Å². The predicted molar refractivity (Wildman–Crippen MR) is 128 cm³/mol. The molecule has 1 aliphatic heterocycles. The van der Waals surface area contributed by atoms with Crippen LogP contribution >= 0.6 is 0 Å². The molecule has 5 rings (SSSR count).